The van der Waals surface area contributed by atoms with Gasteiger partial charge in [0.25, 0.3) is 0 Å². The average Bonchev–Trinajstić information content (AvgIpc) is 3.06. The first kappa shape index (κ1) is 16.4. The largest absolute Gasteiger partial charge is 0.292 e. The summed E-state index contributed by atoms with van der Waals surface area (Å²) in [5.41, 5.74) is 3.32. The highest BCUT2D eigenvalue weighted by molar-refractivity contribution is 7.10. The topological polar surface area (TPSA) is 53.8 Å². The molecule has 2 aromatic carbocycles. The van der Waals surface area contributed by atoms with Gasteiger partial charge in [-0.3, -0.25) is 4.79 Å². The summed E-state index contributed by atoms with van der Waals surface area (Å²) < 4.78 is 0. The van der Waals surface area contributed by atoms with E-state index in [1.165, 1.54) is 16.9 Å². The van der Waals surface area contributed by atoms with Crippen LogP contribution < -0.4 is 0 Å². The second kappa shape index (κ2) is 6.96. The number of hydrogen-bond donors (Lipinski definition) is 0. The minimum atomic E-state index is -0.923. The Kier molecular flexibility index (Phi) is 4.75. The molecule has 1 unspecified atom stereocenters. The first-order valence-corrected chi connectivity index (χ1v) is 8.56. The fourth-order valence-electron chi connectivity index (χ4n) is 2.31. The van der Waals surface area contributed by atoms with Crippen molar-refractivity contribution in [1.29, 1.82) is 5.26 Å². The van der Waals surface area contributed by atoms with Crippen molar-refractivity contribution in [3.63, 3.8) is 0 Å². The van der Waals surface area contributed by atoms with E-state index in [0.717, 1.165) is 11.3 Å². The van der Waals surface area contributed by atoms with Crippen molar-refractivity contribution in [3.8, 4) is 17.3 Å². The number of rotatable bonds is 4. The van der Waals surface area contributed by atoms with Crippen molar-refractivity contribution in [2.24, 2.45) is 0 Å². The highest BCUT2D eigenvalue weighted by atomic mass is 35.5. The number of thiazole rings is 1. The van der Waals surface area contributed by atoms with Gasteiger partial charge in [0.15, 0.2) is 11.7 Å². The van der Waals surface area contributed by atoms with Crippen LogP contribution in [0.2, 0.25) is 5.02 Å². The summed E-state index contributed by atoms with van der Waals surface area (Å²) in [5.74, 6) is -1.21. The van der Waals surface area contributed by atoms with E-state index in [1.807, 2.05) is 36.6 Å². The number of ketones is 1. The zero-order chi connectivity index (χ0) is 17.1. The Balaban J connectivity index is 1.91. The van der Waals surface area contributed by atoms with Crippen LogP contribution in [-0.4, -0.2) is 10.8 Å². The van der Waals surface area contributed by atoms with Crippen LogP contribution in [0, 0.1) is 18.3 Å². The summed E-state index contributed by atoms with van der Waals surface area (Å²) in [7, 11) is 0. The summed E-state index contributed by atoms with van der Waals surface area (Å²) in [6.07, 6.45) is 0. The maximum Gasteiger partial charge on any atom is 0.186 e. The predicted octanol–water partition coefficient (Wildman–Crippen LogP) is 5.26. The summed E-state index contributed by atoms with van der Waals surface area (Å²) in [4.78, 5) is 17.1. The van der Waals surface area contributed by atoms with Crippen molar-refractivity contribution in [2.75, 3.05) is 0 Å². The number of carbonyl (C=O) groups is 1. The second-order valence-electron chi connectivity index (χ2n) is 5.37. The molecule has 0 saturated heterocycles. The van der Waals surface area contributed by atoms with E-state index in [4.69, 9.17) is 11.6 Å². The van der Waals surface area contributed by atoms with E-state index in [0.29, 0.717) is 15.6 Å². The van der Waals surface area contributed by atoms with Crippen molar-refractivity contribution in [2.45, 2.75) is 12.8 Å². The van der Waals surface area contributed by atoms with Gasteiger partial charge in [0.2, 0.25) is 0 Å². The Morgan fingerprint density at radius 3 is 2.67 bits per heavy atom. The number of benzene rings is 2. The van der Waals surface area contributed by atoms with E-state index in [1.54, 1.807) is 24.3 Å². The smallest absolute Gasteiger partial charge is 0.186 e. The summed E-state index contributed by atoms with van der Waals surface area (Å²) in [5, 5.41) is 12.3. The van der Waals surface area contributed by atoms with E-state index in [-0.39, 0.29) is 5.78 Å². The third-order valence-electron chi connectivity index (χ3n) is 3.62. The standard InChI is InChI=1S/C19H13ClN2OS/c1-12-5-7-13(8-6-12)17-11-24-19(22-17)16(10-21)18(23)14-3-2-4-15(20)9-14/h2-9,11,16H,1H3. The van der Waals surface area contributed by atoms with Gasteiger partial charge in [0.1, 0.15) is 5.01 Å². The minimum Gasteiger partial charge on any atom is -0.292 e. The van der Waals surface area contributed by atoms with Gasteiger partial charge in [-0.05, 0) is 19.1 Å². The van der Waals surface area contributed by atoms with Gasteiger partial charge >= 0.3 is 0 Å². The molecule has 3 rings (SSSR count). The van der Waals surface area contributed by atoms with Gasteiger partial charge in [0, 0.05) is 21.5 Å². The summed E-state index contributed by atoms with van der Waals surface area (Å²) in [6, 6.07) is 16.7. The molecule has 1 heterocycles. The lowest BCUT2D eigenvalue weighted by Crippen LogP contribution is -2.11. The Hall–Kier alpha value is -2.48. The molecule has 0 spiro atoms. The molecular weight excluding hydrogens is 340 g/mol. The van der Waals surface area contributed by atoms with E-state index < -0.39 is 5.92 Å². The summed E-state index contributed by atoms with van der Waals surface area (Å²) in [6.45, 7) is 2.02. The molecule has 0 aliphatic heterocycles. The Labute approximate surface area is 149 Å². The SMILES string of the molecule is Cc1ccc(-c2csc(C(C#N)C(=O)c3cccc(Cl)c3)n2)cc1. The first-order chi connectivity index (χ1) is 11.6. The lowest BCUT2D eigenvalue weighted by molar-refractivity contribution is 0.0979. The van der Waals surface area contributed by atoms with Crippen LogP contribution in [0.25, 0.3) is 11.3 Å². The van der Waals surface area contributed by atoms with E-state index in [2.05, 4.69) is 11.1 Å². The molecular formula is C19H13ClN2OS. The monoisotopic (exact) mass is 352 g/mol. The Morgan fingerprint density at radius 1 is 1.25 bits per heavy atom. The molecule has 0 saturated carbocycles. The number of aryl methyl sites for hydroxylation is 1. The Bertz CT molecular complexity index is 925. The van der Waals surface area contributed by atoms with Crippen LogP contribution in [-0.2, 0) is 0 Å². The first-order valence-electron chi connectivity index (χ1n) is 7.30. The molecule has 1 aromatic heterocycles. The zero-order valence-electron chi connectivity index (χ0n) is 12.9. The molecule has 3 nitrogen and oxygen atoms in total. The lowest BCUT2D eigenvalue weighted by atomic mass is 9.99. The van der Waals surface area contributed by atoms with Crippen LogP contribution in [0.5, 0.6) is 0 Å². The van der Waals surface area contributed by atoms with E-state index in [9.17, 15) is 10.1 Å². The number of aromatic nitrogens is 1. The fraction of sp³-hybridized carbons (Fsp3) is 0.105. The number of halogens is 1. The number of nitriles is 1. The molecule has 24 heavy (non-hydrogen) atoms. The minimum absolute atomic E-state index is 0.287. The van der Waals surface area contributed by atoms with E-state index >= 15 is 0 Å². The van der Waals surface area contributed by atoms with Crippen LogP contribution in [0.1, 0.15) is 26.8 Å². The van der Waals surface area contributed by atoms with Gasteiger partial charge in [-0.1, -0.05) is 53.6 Å². The van der Waals surface area contributed by atoms with Crippen LogP contribution >= 0.6 is 22.9 Å². The van der Waals surface area contributed by atoms with Crippen molar-refractivity contribution in [3.05, 3.63) is 75.1 Å². The molecule has 1 atom stereocenters. The average molecular weight is 353 g/mol. The molecule has 118 valence electrons. The predicted molar refractivity (Wildman–Crippen MR) is 96.4 cm³/mol. The normalized spacial score (nSPS) is 11.7. The molecule has 0 aliphatic rings. The lowest BCUT2D eigenvalue weighted by Gasteiger charge is -2.05. The number of hydrogen-bond acceptors (Lipinski definition) is 4. The molecule has 0 aliphatic carbocycles. The fourth-order valence-corrected chi connectivity index (χ4v) is 3.37. The Morgan fingerprint density at radius 2 is 2.00 bits per heavy atom. The molecule has 0 N–H and O–H groups in total. The van der Waals surface area contributed by atoms with Gasteiger partial charge in [-0.2, -0.15) is 5.26 Å². The van der Waals surface area contributed by atoms with Crippen LogP contribution in [0.4, 0.5) is 0 Å². The maximum atomic E-state index is 12.6. The zero-order valence-corrected chi connectivity index (χ0v) is 14.4. The third kappa shape index (κ3) is 3.38. The van der Waals surface area contributed by atoms with Crippen LogP contribution in [0.15, 0.2) is 53.9 Å². The number of carbonyl (C=O) groups excluding carboxylic acids is 1. The number of Topliss-reactive ketones (excluding diaryl/α,β-unsaturated/α-hetero) is 1. The van der Waals surface area contributed by atoms with Gasteiger partial charge in [0.05, 0.1) is 11.8 Å². The highest BCUT2D eigenvalue weighted by Crippen LogP contribution is 2.29. The molecule has 0 radical (unpaired) electrons. The van der Waals surface area contributed by atoms with Gasteiger partial charge < -0.3 is 0 Å². The van der Waals surface area contributed by atoms with Gasteiger partial charge in [-0.15, -0.1) is 11.3 Å². The molecule has 0 amide bonds. The molecule has 3 aromatic rings. The van der Waals surface area contributed by atoms with Crippen molar-refractivity contribution in [1.82, 2.24) is 4.98 Å². The quantitative estimate of drug-likeness (QED) is 0.601. The highest BCUT2D eigenvalue weighted by Gasteiger charge is 2.25. The van der Waals surface area contributed by atoms with Gasteiger partial charge in [-0.25, -0.2) is 4.98 Å². The van der Waals surface area contributed by atoms with Crippen molar-refractivity contribution >= 4 is 28.7 Å². The third-order valence-corrected chi connectivity index (χ3v) is 4.76. The maximum absolute atomic E-state index is 12.6. The molecule has 0 bridgehead atoms. The summed E-state index contributed by atoms with van der Waals surface area (Å²) >= 11 is 7.25. The van der Waals surface area contributed by atoms with Crippen LogP contribution in [0.3, 0.4) is 0 Å². The second-order valence-corrected chi connectivity index (χ2v) is 6.70. The van der Waals surface area contributed by atoms with Crippen molar-refractivity contribution < 1.29 is 4.79 Å². The molecule has 5 heteroatoms. The molecule has 0 fully saturated rings. The number of nitrogens with zero attached hydrogens (tertiary/aromatic N) is 2.